The van der Waals surface area contributed by atoms with Crippen LogP contribution in [0.25, 0.3) is 11.2 Å². The van der Waals surface area contributed by atoms with Gasteiger partial charge >= 0.3 is 0 Å². The van der Waals surface area contributed by atoms with E-state index >= 15 is 0 Å². The number of hydrogen-bond acceptors (Lipinski definition) is 6. The number of nitrogens with two attached hydrogens (primary N) is 1. The lowest BCUT2D eigenvalue weighted by Gasteiger charge is -2.29. The first-order valence-electron chi connectivity index (χ1n) is 11.7. The van der Waals surface area contributed by atoms with E-state index < -0.39 is 17.8 Å². The maximum atomic E-state index is 13.7. The SMILES string of the molecule is NC(=O)[C@H]1CC[C@@H](n2c(Nc3c(Cl)cc(F)cc3Cl)nc3cnc(NC4CCC(F)(F)C4)nc32)CC1. The van der Waals surface area contributed by atoms with Gasteiger partial charge in [-0.2, -0.15) is 4.98 Å². The predicted molar refractivity (Wildman–Crippen MR) is 131 cm³/mol. The van der Waals surface area contributed by atoms with E-state index in [1.807, 2.05) is 4.57 Å². The summed E-state index contributed by atoms with van der Waals surface area (Å²) in [6.45, 7) is 0. The van der Waals surface area contributed by atoms with Crippen LogP contribution in [0.2, 0.25) is 10.0 Å². The van der Waals surface area contributed by atoms with Crippen LogP contribution in [0.4, 0.5) is 30.8 Å². The lowest BCUT2D eigenvalue weighted by molar-refractivity contribution is -0.122. The van der Waals surface area contributed by atoms with Gasteiger partial charge in [-0.05, 0) is 44.2 Å². The molecule has 1 aromatic carbocycles. The van der Waals surface area contributed by atoms with Crippen molar-refractivity contribution in [3.05, 3.63) is 34.2 Å². The Hall–Kier alpha value is -2.79. The molecule has 2 heterocycles. The highest BCUT2D eigenvalue weighted by atomic mass is 35.5. The van der Waals surface area contributed by atoms with Gasteiger partial charge in [-0.1, -0.05) is 23.2 Å². The van der Waals surface area contributed by atoms with Crippen LogP contribution in [0.1, 0.15) is 51.0 Å². The van der Waals surface area contributed by atoms with Gasteiger partial charge in [-0.3, -0.25) is 9.36 Å². The Balaban J connectivity index is 1.52. The fourth-order valence-corrected chi connectivity index (χ4v) is 5.60. The first-order chi connectivity index (χ1) is 17.1. The van der Waals surface area contributed by atoms with Crippen LogP contribution in [0.15, 0.2) is 18.3 Å². The van der Waals surface area contributed by atoms with Gasteiger partial charge in [0.1, 0.15) is 11.3 Å². The average Bonchev–Trinajstić information content (AvgIpc) is 3.34. The first-order valence-corrected chi connectivity index (χ1v) is 12.5. The van der Waals surface area contributed by atoms with Crippen molar-refractivity contribution in [2.75, 3.05) is 10.6 Å². The van der Waals surface area contributed by atoms with E-state index in [4.69, 9.17) is 28.9 Å². The lowest BCUT2D eigenvalue weighted by Crippen LogP contribution is -2.29. The molecule has 0 radical (unpaired) electrons. The smallest absolute Gasteiger partial charge is 0.250 e. The largest absolute Gasteiger partial charge is 0.369 e. The van der Waals surface area contributed by atoms with Gasteiger partial charge in [0.15, 0.2) is 5.65 Å². The zero-order valence-corrected chi connectivity index (χ0v) is 20.6. The molecule has 2 saturated carbocycles. The monoisotopic (exact) mass is 541 g/mol. The van der Waals surface area contributed by atoms with E-state index in [0.29, 0.717) is 49.2 Å². The molecule has 0 saturated heterocycles. The van der Waals surface area contributed by atoms with Crippen LogP contribution in [0, 0.1) is 11.7 Å². The van der Waals surface area contributed by atoms with Gasteiger partial charge in [-0.25, -0.2) is 23.1 Å². The van der Waals surface area contributed by atoms with Gasteiger partial charge in [0.05, 0.1) is 21.9 Å². The Morgan fingerprint density at radius 2 is 1.81 bits per heavy atom. The molecule has 36 heavy (non-hydrogen) atoms. The number of anilines is 3. The first kappa shape index (κ1) is 24.9. The number of carbonyl (C=O) groups is 1. The molecule has 1 unspecified atom stereocenters. The third kappa shape index (κ3) is 5.04. The van der Waals surface area contributed by atoms with Crippen molar-refractivity contribution < 1.29 is 18.0 Å². The number of primary amides is 1. The third-order valence-corrected chi connectivity index (χ3v) is 7.47. The van der Waals surface area contributed by atoms with Crippen LogP contribution in [-0.4, -0.2) is 37.4 Å². The Morgan fingerprint density at radius 1 is 1.11 bits per heavy atom. The molecule has 0 spiro atoms. The summed E-state index contributed by atoms with van der Waals surface area (Å²) in [5.74, 6) is -3.22. The Bertz CT molecular complexity index is 1290. The van der Waals surface area contributed by atoms with E-state index in [1.165, 1.54) is 6.20 Å². The number of imidazole rings is 1. The second-order valence-corrected chi connectivity index (χ2v) is 10.2. The molecule has 0 bridgehead atoms. The van der Waals surface area contributed by atoms with Crippen LogP contribution in [0.3, 0.4) is 0 Å². The average molecular weight is 542 g/mol. The van der Waals surface area contributed by atoms with Crippen LogP contribution < -0.4 is 16.4 Å². The zero-order chi connectivity index (χ0) is 25.6. The number of benzene rings is 1. The summed E-state index contributed by atoms with van der Waals surface area (Å²) in [6, 6.07) is 1.75. The summed E-state index contributed by atoms with van der Waals surface area (Å²) in [5.41, 5.74) is 6.73. The van der Waals surface area contributed by atoms with Gasteiger partial charge in [0.2, 0.25) is 23.7 Å². The molecule has 1 amide bonds. The summed E-state index contributed by atoms with van der Waals surface area (Å²) in [4.78, 5) is 25.2. The molecule has 1 atom stereocenters. The molecule has 0 aliphatic heterocycles. The number of nitrogens with one attached hydrogen (secondary N) is 2. The van der Waals surface area contributed by atoms with Gasteiger partial charge < -0.3 is 16.4 Å². The summed E-state index contributed by atoms with van der Waals surface area (Å²) < 4.78 is 42.9. The second-order valence-electron chi connectivity index (χ2n) is 9.43. The number of rotatable bonds is 6. The quantitative estimate of drug-likeness (QED) is 0.362. The van der Waals surface area contributed by atoms with Crippen molar-refractivity contribution >= 4 is 57.9 Å². The predicted octanol–water partition coefficient (Wildman–Crippen LogP) is 5.83. The van der Waals surface area contributed by atoms with Crippen LogP contribution >= 0.6 is 23.2 Å². The maximum Gasteiger partial charge on any atom is 0.250 e. The summed E-state index contributed by atoms with van der Waals surface area (Å²) in [7, 11) is 0. The molecule has 3 aromatic rings. The normalized spacial score (nSPS) is 23.6. The Kier molecular flexibility index (Phi) is 6.63. The molecule has 13 heteroatoms. The van der Waals surface area contributed by atoms with Crippen LogP contribution in [-0.2, 0) is 4.79 Å². The number of alkyl halides is 2. The van der Waals surface area contributed by atoms with Crippen molar-refractivity contribution in [2.45, 2.75) is 63.0 Å². The van der Waals surface area contributed by atoms with Gasteiger partial charge in [0, 0.05) is 30.8 Å². The number of carbonyl (C=O) groups excluding carboxylic acids is 1. The third-order valence-electron chi connectivity index (χ3n) is 6.88. The molecule has 2 aliphatic carbocycles. The fourth-order valence-electron chi connectivity index (χ4n) is 5.04. The fraction of sp³-hybridized carbons (Fsp3) is 0.478. The van der Waals surface area contributed by atoms with E-state index in [2.05, 4.69) is 25.6 Å². The Labute approximate surface area is 214 Å². The van der Waals surface area contributed by atoms with Crippen LogP contribution in [0.5, 0.6) is 0 Å². The maximum absolute atomic E-state index is 13.7. The molecule has 4 N–H and O–H groups in total. The molecule has 192 valence electrons. The van der Waals surface area contributed by atoms with Gasteiger partial charge in [-0.15, -0.1) is 0 Å². The zero-order valence-electron chi connectivity index (χ0n) is 19.1. The minimum atomic E-state index is -2.70. The van der Waals surface area contributed by atoms with Crippen molar-refractivity contribution in [2.24, 2.45) is 11.7 Å². The molecular formula is C23H24Cl2F3N7O. The van der Waals surface area contributed by atoms with Gasteiger partial charge in [0.25, 0.3) is 0 Å². The van der Waals surface area contributed by atoms with E-state index in [0.717, 1.165) is 12.1 Å². The number of hydrogen-bond donors (Lipinski definition) is 3. The van der Waals surface area contributed by atoms with E-state index in [-0.39, 0.29) is 52.4 Å². The molecule has 2 fully saturated rings. The number of amides is 1. The van der Waals surface area contributed by atoms with Crippen molar-refractivity contribution in [3.8, 4) is 0 Å². The minimum absolute atomic E-state index is 0.0756. The minimum Gasteiger partial charge on any atom is -0.369 e. The summed E-state index contributed by atoms with van der Waals surface area (Å²) in [6.07, 6.45) is 3.86. The molecule has 2 aromatic heterocycles. The highest BCUT2D eigenvalue weighted by molar-refractivity contribution is 6.39. The number of fused-ring (bicyclic) bond motifs is 1. The van der Waals surface area contributed by atoms with Crippen molar-refractivity contribution in [3.63, 3.8) is 0 Å². The molecule has 8 nitrogen and oxygen atoms in total. The molecular weight excluding hydrogens is 518 g/mol. The summed E-state index contributed by atoms with van der Waals surface area (Å²) in [5, 5.41) is 6.27. The van der Waals surface area contributed by atoms with Crippen molar-refractivity contribution in [1.29, 1.82) is 0 Å². The number of aromatic nitrogens is 4. The Morgan fingerprint density at radius 3 is 2.42 bits per heavy atom. The highest BCUT2D eigenvalue weighted by Gasteiger charge is 2.39. The standard InChI is InChI=1S/C23H24Cl2F3N7O/c24-15-7-12(26)8-16(25)18(15)33-22-32-17-10-30-21(31-13-5-6-23(27,28)9-13)34-20(17)35(22)14-3-1-11(2-4-14)19(29)36/h7-8,10-11,13-14H,1-6,9H2,(H2,29,36)(H,32,33)(H,30,31,34)/t11-,13?,14+. The lowest BCUT2D eigenvalue weighted by atomic mass is 9.85. The van der Waals surface area contributed by atoms with E-state index in [9.17, 15) is 18.0 Å². The summed E-state index contributed by atoms with van der Waals surface area (Å²) >= 11 is 12.5. The highest BCUT2D eigenvalue weighted by Crippen LogP contribution is 2.40. The molecule has 5 rings (SSSR count). The number of nitrogens with zero attached hydrogens (tertiary/aromatic N) is 4. The number of halogens is 5. The second kappa shape index (κ2) is 9.59. The molecule has 2 aliphatic rings. The van der Waals surface area contributed by atoms with Crippen molar-refractivity contribution in [1.82, 2.24) is 19.5 Å². The van der Waals surface area contributed by atoms with E-state index in [1.54, 1.807) is 0 Å². The topological polar surface area (TPSA) is 111 Å².